The van der Waals surface area contributed by atoms with Gasteiger partial charge < -0.3 is 19.4 Å². The van der Waals surface area contributed by atoms with E-state index in [-0.39, 0.29) is 31.8 Å². The Hall–Kier alpha value is -3.36. The van der Waals surface area contributed by atoms with E-state index >= 15 is 0 Å². The van der Waals surface area contributed by atoms with Crippen LogP contribution in [-0.4, -0.2) is 42.5 Å². The molecule has 0 aliphatic carbocycles. The minimum atomic E-state index is -1.07. The summed E-state index contributed by atoms with van der Waals surface area (Å²) in [5, 5.41) is 9.49. The molecular weight excluding hydrogens is 352 g/mol. The maximum atomic E-state index is 12.7. The van der Waals surface area contributed by atoms with Crippen molar-refractivity contribution in [3.63, 3.8) is 0 Å². The van der Waals surface area contributed by atoms with Gasteiger partial charge in [0.15, 0.2) is 5.58 Å². The molecule has 2 aromatic heterocycles. The number of imidazole rings is 1. The van der Waals surface area contributed by atoms with Crippen LogP contribution in [-0.2, 0) is 29.1 Å². The van der Waals surface area contributed by atoms with E-state index in [1.165, 1.54) is 15.8 Å². The molecule has 0 unspecified atom stereocenters. The Kier molecular flexibility index (Phi) is 4.06. The van der Waals surface area contributed by atoms with E-state index in [0.29, 0.717) is 16.8 Å². The summed E-state index contributed by atoms with van der Waals surface area (Å²) in [6.45, 7) is 2.18. The molecule has 1 amide bonds. The number of carbonyl (C=O) groups excluding carboxylic acids is 1. The summed E-state index contributed by atoms with van der Waals surface area (Å²) in [6, 6.07) is 4.42. The second-order valence-corrected chi connectivity index (χ2v) is 6.65. The lowest BCUT2D eigenvalue weighted by atomic mass is 10.0. The third-order valence-corrected chi connectivity index (χ3v) is 4.88. The van der Waals surface area contributed by atoms with E-state index in [1.807, 2.05) is 19.1 Å². The van der Waals surface area contributed by atoms with Crippen molar-refractivity contribution in [1.29, 1.82) is 0 Å². The first-order valence-electron chi connectivity index (χ1n) is 8.57. The maximum Gasteiger partial charge on any atom is 0.419 e. The van der Waals surface area contributed by atoms with Gasteiger partial charge in [-0.15, -0.1) is 0 Å². The normalized spacial score (nSPS) is 16.5. The average Bonchev–Trinajstić information content (AvgIpc) is 3.21. The Morgan fingerprint density at radius 1 is 1.41 bits per heavy atom. The molecular formula is C18H18N4O5. The number of benzene rings is 1. The number of aryl methyl sites for hydroxylation is 2. The van der Waals surface area contributed by atoms with Gasteiger partial charge in [-0.2, -0.15) is 0 Å². The molecule has 1 aliphatic rings. The Morgan fingerprint density at radius 3 is 3.00 bits per heavy atom. The van der Waals surface area contributed by atoms with Crippen LogP contribution in [0.3, 0.4) is 0 Å². The molecule has 2 N–H and O–H groups in total. The molecule has 9 nitrogen and oxygen atoms in total. The fourth-order valence-corrected chi connectivity index (χ4v) is 3.45. The first kappa shape index (κ1) is 17.1. The summed E-state index contributed by atoms with van der Waals surface area (Å²) in [6.07, 6.45) is 1.65. The fraction of sp³-hybridized carbons (Fsp3) is 0.333. The van der Waals surface area contributed by atoms with E-state index in [2.05, 4.69) is 9.97 Å². The Balaban J connectivity index is 1.56. The van der Waals surface area contributed by atoms with Gasteiger partial charge in [0.25, 0.3) is 0 Å². The summed E-state index contributed by atoms with van der Waals surface area (Å²) in [5.41, 5.74) is 3.46. The molecule has 0 saturated heterocycles. The molecule has 0 spiro atoms. The van der Waals surface area contributed by atoms with E-state index in [9.17, 15) is 19.5 Å². The van der Waals surface area contributed by atoms with Crippen molar-refractivity contribution in [3.05, 3.63) is 52.0 Å². The van der Waals surface area contributed by atoms with Crippen LogP contribution in [0.5, 0.6) is 0 Å². The Morgan fingerprint density at radius 2 is 2.22 bits per heavy atom. The number of amides is 1. The van der Waals surface area contributed by atoms with Crippen molar-refractivity contribution in [3.8, 4) is 0 Å². The number of H-pyrrole nitrogens is 1. The van der Waals surface area contributed by atoms with Crippen molar-refractivity contribution >= 4 is 23.0 Å². The van der Waals surface area contributed by atoms with Crippen molar-refractivity contribution in [2.24, 2.45) is 0 Å². The number of carboxylic acids is 1. The Labute approximate surface area is 153 Å². The largest absolute Gasteiger partial charge is 0.480 e. The molecule has 27 heavy (non-hydrogen) atoms. The molecule has 140 valence electrons. The summed E-state index contributed by atoms with van der Waals surface area (Å²) in [7, 11) is 0. The van der Waals surface area contributed by atoms with Crippen LogP contribution in [0.2, 0.25) is 0 Å². The standard InChI is InChI=1S/C18H18N4O5/c1-10-2-3-15-13(6-10)21(18(26)27-15)5-4-16(23)22-8-12-11(19-9-20-12)7-14(22)17(24)25/h2-3,6,9,14H,4-5,7-8H2,1H3,(H,19,20)(H,24,25)/t14-/m0/s1. The van der Waals surface area contributed by atoms with Crippen molar-refractivity contribution in [1.82, 2.24) is 19.4 Å². The number of aromatic amines is 1. The molecule has 9 heteroatoms. The molecule has 0 bridgehead atoms. The highest BCUT2D eigenvalue weighted by Gasteiger charge is 2.35. The van der Waals surface area contributed by atoms with E-state index in [0.717, 1.165) is 11.3 Å². The lowest BCUT2D eigenvalue weighted by molar-refractivity contribution is -0.151. The van der Waals surface area contributed by atoms with Crippen LogP contribution >= 0.6 is 0 Å². The van der Waals surface area contributed by atoms with E-state index < -0.39 is 17.8 Å². The van der Waals surface area contributed by atoms with Gasteiger partial charge in [-0.05, 0) is 24.6 Å². The number of hydrogen-bond donors (Lipinski definition) is 2. The van der Waals surface area contributed by atoms with Gasteiger partial charge in [0.1, 0.15) is 6.04 Å². The smallest absolute Gasteiger partial charge is 0.419 e. The van der Waals surface area contributed by atoms with Crippen molar-refractivity contribution in [2.75, 3.05) is 0 Å². The number of nitrogens with one attached hydrogen (secondary N) is 1. The van der Waals surface area contributed by atoms with Crippen LogP contribution in [0.1, 0.15) is 23.4 Å². The third kappa shape index (κ3) is 3.01. The number of aliphatic carboxylic acids is 1. The quantitative estimate of drug-likeness (QED) is 0.708. The zero-order valence-corrected chi connectivity index (χ0v) is 14.6. The number of nitrogens with zero attached hydrogens (tertiary/aromatic N) is 3. The molecule has 3 aromatic rings. The van der Waals surface area contributed by atoms with Crippen molar-refractivity contribution in [2.45, 2.75) is 38.9 Å². The zero-order valence-electron chi connectivity index (χ0n) is 14.6. The number of fused-ring (bicyclic) bond motifs is 2. The van der Waals surface area contributed by atoms with Crippen LogP contribution in [0.25, 0.3) is 11.1 Å². The number of carboxylic acid groups (broad SMARTS) is 1. The minimum absolute atomic E-state index is 0.00423. The number of hydrogen-bond acceptors (Lipinski definition) is 5. The van der Waals surface area contributed by atoms with Crippen LogP contribution < -0.4 is 5.76 Å². The van der Waals surface area contributed by atoms with Crippen LogP contribution in [0, 0.1) is 6.92 Å². The molecule has 0 saturated carbocycles. The topological polar surface area (TPSA) is 121 Å². The van der Waals surface area contributed by atoms with Gasteiger partial charge in [-0.3, -0.25) is 9.36 Å². The SMILES string of the molecule is Cc1ccc2oc(=O)n(CCC(=O)N3Cc4[nH]cnc4C[C@H]3C(=O)O)c2c1. The predicted molar refractivity (Wildman–Crippen MR) is 94.1 cm³/mol. The average molecular weight is 370 g/mol. The molecule has 4 rings (SSSR count). The van der Waals surface area contributed by atoms with E-state index in [1.54, 1.807) is 6.07 Å². The van der Waals surface area contributed by atoms with Crippen LogP contribution in [0.4, 0.5) is 0 Å². The van der Waals surface area contributed by atoms with Gasteiger partial charge in [-0.1, -0.05) is 6.07 Å². The summed E-state index contributed by atoms with van der Waals surface area (Å²) >= 11 is 0. The second-order valence-electron chi connectivity index (χ2n) is 6.65. The van der Waals surface area contributed by atoms with Gasteiger partial charge >= 0.3 is 11.7 Å². The van der Waals surface area contributed by atoms with Crippen molar-refractivity contribution < 1.29 is 19.1 Å². The molecule has 0 fully saturated rings. The molecule has 1 aliphatic heterocycles. The molecule has 1 atom stereocenters. The monoisotopic (exact) mass is 370 g/mol. The maximum absolute atomic E-state index is 12.7. The zero-order chi connectivity index (χ0) is 19.1. The minimum Gasteiger partial charge on any atom is -0.480 e. The third-order valence-electron chi connectivity index (χ3n) is 4.88. The van der Waals surface area contributed by atoms with E-state index in [4.69, 9.17) is 4.42 Å². The molecule has 0 radical (unpaired) electrons. The number of oxazole rings is 1. The van der Waals surface area contributed by atoms with Gasteiger partial charge in [0.2, 0.25) is 5.91 Å². The van der Waals surface area contributed by atoms with Gasteiger partial charge in [0.05, 0.1) is 29.8 Å². The Bertz CT molecular complexity index is 1090. The lowest BCUT2D eigenvalue weighted by Gasteiger charge is -2.32. The second kappa shape index (κ2) is 6.42. The van der Waals surface area contributed by atoms with Gasteiger partial charge in [0, 0.05) is 19.4 Å². The summed E-state index contributed by atoms with van der Waals surface area (Å²) in [5.74, 6) is -1.94. The number of carbonyl (C=O) groups is 2. The van der Waals surface area contributed by atoms with Crippen LogP contribution in [0.15, 0.2) is 33.7 Å². The molecule has 3 heterocycles. The number of rotatable bonds is 4. The van der Waals surface area contributed by atoms with Gasteiger partial charge in [-0.25, -0.2) is 14.6 Å². The highest BCUT2D eigenvalue weighted by Crippen LogP contribution is 2.22. The lowest BCUT2D eigenvalue weighted by Crippen LogP contribution is -2.49. The predicted octanol–water partition coefficient (Wildman–Crippen LogP) is 1.05. The first-order chi connectivity index (χ1) is 12.9. The molecule has 1 aromatic carbocycles. The summed E-state index contributed by atoms with van der Waals surface area (Å²) < 4.78 is 6.61. The number of aromatic nitrogens is 3. The first-order valence-corrected chi connectivity index (χ1v) is 8.57. The fourth-order valence-electron chi connectivity index (χ4n) is 3.45. The highest BCUT2D eigenvalue weighted by molar-refractivity contribution is 5.84. The summed E-state index contributed by atoms with van der Waals surface area (Å²) in [4.78, 5) is 44.8. The highest BCUT2D eigenvalue weighted by atomic mass is 16.4.